The van der Waals surface area contributed by atoms with Crippen LogP contribution in [0.15, 0.2) is 48.8 Å². The van der Waals surface area contributed by atoms with Gasteiger partial charge < -0.3 is 15.4 Å². The molecule has 0 aliphatic heterocycles. The van der Waals surface area contributed by atoms with Gasteiger partial charge in [-0.25, -0.2) is 0 Å². The maximum Gasteiger partial charge on any atom is 0.252 e. The lowest BCUT2D eigenvalue weighted by atomic mass is 10.2. The van der Waals surface area contributed by atoms with E-state index >= 15 is 0 Å². The number of amides is 2. The fourth-order valence-electron chi connectivity index (χ4n) is 2.00. The van der Waals surface area contributed by atoms with Crippen LogP contribution >= 0.6 is 0 Å². The van der Waals surface area contributed by atoms with Crippen molar-refractivity contribution in [3.63, 3.8) is 0 Å². The highest BCUT2D eigenvalue weighted by atomic mass is 16.5. The highest BCUT2D eigenvalue weighted by Crippen LogP contribution is 2.13. The molecule has 0 radical (unpaired) electrons. The van der Waals surface area contributed by atoms with Crippen LogP contribution in [-0.2, 0) is 0 Å². The zero-order chi connectivity index (χ0) is 17.2. The summed E-state index contributed by atoms with van der Waals surface area (Å²) < 4.78 is 5.51. The third kappa shape index (κ3) is 5.39. The van der Waals surface area contributed by atoms with Gasteiger partial charge in [0, 0.05) is 31.0 Å². The molecule has 6 heteroatoms. The Hall–Kier alpha value is -2.89. The van der Waals surface area contributed by atoms with Gasteiger partial charge in [0.15, 0.2) is 0 Å². The number of benzene rings is 1. The van der Waals surface area contributed by atoms with Crippen molar-refractivity contribution in [2.45, 2.75) is 13.3 Å². The van der Waals surface area contributed by atoms with Crippen LogP contribution in [0.4, 0.5) is 0 Å². The van der Waals surface area contributed by atoms with Crippen LogP contribution in [0, 0.1) is 0 Å². The monoisotopic (exact) mass is 327 g/mol. The smallest absolute Gasteiger partial charge is 0.252 e. The molecule has 0 spiro atoms. The Morgan fingerprint density at radius 2 is 1.75 bits per heavy atom. The molecule has 6 nitrogen and oxygen atoms in total. The lowest BCUT2D eigenvalue weighted by Gasteiger charge is -2.09. The lowest BCUT2D eigenvalue weighted by Crippen LogP contribution is -2.34. The first kappa shape index (κ1) is 17.5. The van der Waals surface area contributed by atoms with E-state index in [1.165, 1.54) is 6.20 Å². The van der Waals surface area contributed by atoms with Crippen LogP contribution in [0.25, 0.3) is 0 Å². The summed E-state index contributed by atoms with van der Waals surface area (Å²) in [6.07, 6.45) is 4.01. The Labute approximate surface area is 141 Å². The summed E-state index contributed by atoms with van der Waals surface area (Å²) in [7, 11) is 0. The Morgan fingerprint density at radius 3 is 2.42 bits per heavy atom. The van der Waals surface area contributed by atoms with Gasteiger partial charge in [0.2, 0.25) is 0 Å². The molecule has 2 rings (SSSR count). The summed E-state index contributed by atoms with van der Waals surface area (Å²) >= 11 is 0. The molecule has 2 N–H and O–H groups in total. The lowest BCUT2D eigenvalue weighted by molar-refractivity contribution is 0.0927. The molecule has 2 aromatic rings. The molecule has 1 aromatic heterocycles. The zero-order valence-corrected chi connectivity index (χ0v) is 13.6. The predicted octanol–water partition coefficient (Wildman–Crippen LogP) is 2.03. The molecule has 0 unspecified atom stereocenters. The molecule has 0 fully saturated rings. The summed E-state index contributed by atoms with van der Waals surface area (Å²) in [4.78, 5) is 27.8. The molecule has 2 amide bonds. The Balaban J connectivity index is 1.76. The van der Waals surface area contributed by atoms with Crippen molar-refractivity contribution in [2.24, 2.45) is 0 Å². The van der Waals surface area contributed by atoms with Crippen LogP contribution in [0.2, 0.25) is 0 Å². The normalized spacial score (nSPS) is 10.0. The van der Waals surface area contributed by atoms with Gasteiger partial charge in [-0.05, 0) is 36.8 Å². The summed E-state index contributed by atoms with van der Waals surface area (Å²) in [6.45, 7) is 3.32. The number of nitrogens with zero attached hydrogens (tertiary/aromatic N) is 1. The van der Waals surface area contributed by atoms with Gasteiger partial charge >= 0.3 is 0 Å². The fourth-order valence-corrected chi connectivity index (χ4v) is 2.00. The van der Waals surface area contributed by atoms with E-state index in [0.717, 1.165) is 6.42 Å². The minimum atomic E-state index is -0.215. The molecule has 1 heterocycles. The Kier molecular flexibility index (Phi) is 6.76. The van der Waals surface area contributed by atoms with Crippen LogP contribution < -0.4 is 15.4 Å². The SMILES string of the molecule is CCCOc1cccc(C(=O)NCCNC(=O)c2cccnc2)c1. The van der Waals surface area contributed by atoms with Gasteiger partial charge in [-0.2, -0.15) is 0 Å². The molecular weight excluding hydrogens is 306 g/mol. The first-order chi connectivity index (χ1) is 11.7. The molecule has 0 bridgehead atoms. The van der Waals surface area contributed by atoms with E-state index in [-0.39, 0.29) is 11.8 Å². The number of hydrogen-bond donors (Lipinski definition) is 2. The van der Waals surface area contributed by atoms with E-state index in [1.807, 2.05) is 13.0 Å². The zero-order valence-electron chi connectivity index (χ0n) is 13.6. The van der Waals surface area contributed by atoms with Crippen molar-refractivity contribution in [2.75, 3.05) is 19.7 Å². The van der Waals surface area contributed by atoms with E-state index in [4.69, 9.17) is 4.74 Å². The van der Waals surface area contributed by atoms with Crippen LogP contribution in [0.5, 0.6) is 5.75 Å². The first-order valence-corrected chi connectivity index (χ1v) is 7.90. The number of carbonyl (C=O) groups is 2. The number of nitrogens with one attached hydrogen (secondary N) is 2. The van der Waals surface area contributed by atoms with Gasteiger partial charge in [0.25, 0.3) is 11.8 Å². The third-order valence-corrected chi connectivity index (χ3v) is 3.19. The van der Waals surface area contributed by atoms with Crippen LogP contribution in [0.3, 0.4) is 0 Å². The van der Waals surface area contributed by atoms with Gasteiger partial charge in [-0.1, -0.05) is 13.0 Å². The molecular formula is C18H21N3O3. The molecule has 24 heavy (non-hydrogen) atoms. The molecule has 126 valence electrons. The maximum absolute atomic E-state index is 12.1. The van der Waals surface area contributed by atoms with E-state index in [9.17, 15) is 9.59 Å². The fraction of sp³-hybridized carbons (Fsp3) is 0.278. The number of hydrogen-bond acceptors (Lipinski definition) is 4. The highest BCUT2D eigenvalue weighted by Gasteiger charge is 2.07. The minimum absolute atomic E-state index is 0.201. The molecule has 0 aliphatic carbocycles. The highest BCUT2D eigenvalue weighted by molar-refractivity contribution is 5.95. The van der Waals surface area contributed by atoms with Crippen LogP contribution in [0.1, 0.15) is 34.1 Å². The van der Waals surface area contributed by atoms with Gasteiger partial charge in [0.1, 0.15) is 5.75 Å². The summed E-state index contributed by atoms with van der Waals surface area (Å²) in [6, 6.07) is 10.4. The summed E-state index contributed by atoms with van der Waals surface area (Å²) in [5, 5.41) is 5.49. The second-order valence-electron chi connectivity index (χ2n) is 5.13. The van der Waals surface area contributed by atoms with E-state index in [2.05, 4.69) is 15.6 Å². The molecule has 0 saturated carbocycles. The quantitative estimate of drug-likeness (QED) is 0.727. The van der Waals surface area contributed by atoms with E-state index in [0.29, 0.717) is 36.6 Å². The molecule has 0 saturated heterocycles. The Bertz CT molecular complexity index is 674. The van der Waals surface area contributed by atoms with Crippen LogP contribution in [-0.4, -0.2) is 36.5 Å². The number of carbonyl (C=O) groups excluding carboxylic acids is 2. The third-order valence-electron chi connectivity index (χ3n) is 3.19. The average molecular weight is 327 g/mol. The standard InChI is InChI=1S/C18H21N3O3/c1-2-11-24-16-7-3-5-14(12-16)17(22)20-9-10-21-18(23)15-6-4-8-19-13-15/h3-8,12-13H,2,9-11H2,1H3,(H,20,22)(H,21,23). The second-order valence-corrected chi connectivity index (χ2v) is 5.13. The van der Waals surface area contributed by atoms with Crippen molar-refractivity contribution in [3.05, 3.63) is 59.9 Å². The second kappa shape index (κ2) is 9.29. The summed E-state index contributed by atoms with van der Waals surface area (Å²) in [5.74, 6) is 0.259. The average Bonchev–Trinajstić information content (AvgIpc) is 2.64. The van der Waals surface area contributed by atoms with Gasteiger partial charge in [-0.15, -0.1) is 0 Å². The largest absolute Gasteiger partial charge is 0.494 e. The Morgan fingerprint density at radius 1 is 1.04 bits per heavy atom. The topological polar surface area (TPSA) is 80.3 Å². The predicted molar refractivity (Wildman–Crippen MR) is 91.1 cm³/mol. The molecule has 1 aromatic carbocycles. The minimum Gasteiger partial charge on any atom is -0.494 e. The molecule has 0 atom stereocenters. The van der Waals surface area contributed by atoms with Crippen molar-refractivity contribution in [3.8, 4) is 5.75 Å². The van der Waals surface area contributed by atoms with Gasteiger partial charge in [0.05, 0.1) is 12.2 Å². The van der Waals surface area contributed by atoms with Crippen molar-refractivity contribution < 1.29 is 14.3 Å². The maximum atomic E-state index is 12.1. The number of ether oxygens (including phenoxy) is 1. The van der Waals surface area contributed by atoms with E-state index in [1.54, 1.807) is 36.5 Å². The van der Waals surface area contributed by atoms with E-state index < -0.39 is 0 Å². The number of rotatable bonds is 8. The van der Waals surface area contributed by atoms with Crippen molar-refractivity contribution >= 4 is 11.8 Å². The molecule has 0 aliphatic rings. The number of aromatic nitrogens is 1. The van der Waals surface area contributed by atoms with Crippen molar-refractivity contribution in [1.29, 1.82) is 0 Å². The van der Waals surface area contributed by atoms with Gasteiger partial charge in [-0.3, -0.25) is 14.6 Å². The number of pyridine rings is 1. The van der Waals surface area contributed by atoms with Crippen molar-refractivity contribution in [1.82, 2.24) is 15.6 Å². The first-order valence-electron chi connectivity index (χ1n) is 7.90. The summed E-state index contributed by atoms with van der Waals surface area (Å²) in [5.41, 5.74) is 1.02.